The van der Waals surface area contributed by atoms with Crippen molar-refractivity contribution >= 4 is 29.1 Å². The van der Waals surface area contributed by atoms with E-state index in [0.717, 1.165) is 5.56 Å². The number of amides is 1. The van der Waals surface area contributed by atoms with E-state index in [9.17, 15) is 4.79 Å². The molecule has 0 bridgehead atoms. The van der Waals surface area contributed by atoms with Crippen molar-refractivity contribution in [1.82, 2.24) is 4.90 Å². The van der Waals surface area contributed by atoms with Crippen LogP contribution in [0.2, 0.25) is 0 Å². The summed E-state index contributed by atoms with van der Waals surface area (Å²) in [6, 6.07) is 9.62. The number of hydrogen-bond donors (Lipinski definition) is 0. The molecule has 96 valence electrons. The molecule has 2 aliphatic rings. The first kappa shape index (κ1) is 12.3. The SMILES string of the molecule is C[C@]1(c2ccccc2)OC[C@@H]2CC(Cl)(Cl)C(=O)N21. The molecule has 1 aromatic rings. The first-order valence-corrected chi connectivity index (χ1v) is 6.62. The summed E-state index contributed by atoms with van der Waals surface area (Å²) in [6.07, 6.45) is 0.414. The van der Waals surface area contributed by atoms with Gasteiger partial charge in [-0.2, -0.15) is 0 Å². The molecular weight excluding hydrogens is 273 g/mol. The van der Waals surface area contributed by atoms with Gasteiger partial charge in [-0.3, -0.25) is 4.79 Å². The van der Waals surface area contributed by atoms with Crippen LogP contribution in [0.5, 0.6) is 0 Å². The predicted molar refractivity (Wildman–Crippen MR) is 69.4 cm³/mol. The molecule has 3 nitrogen and oxygen atoms in total. The first-order valence-electron chi connectivity index (χ1n) is 5.86. The Morgan fingerprint density at radius 1 is 1.33 bits per heavy atom. The maximum atomic E-state index is 12.3. The molecule has 0 N–H and O–H groups in total. The number of carbonyl (C=O) groups excluding carboxylic acids is 1. The van der Waals surface area contributed by atoms with Crippen molar-refractivity contribution in [1.29, 1.82) is 0 Å². The van der Waals surface area contributed by atoms with Crippen molar-refractivity contribution in [3.8, 4) is 0 Å². The van der Waals surface area contributed by atoms with Gasteiger partial charge in [-0.25, -0.2) is 0 Å². The van der Waals surface area contributed by atoms with Gasteiger partial charge in [0, 0.05) is 12.0 Å². The zero-order valence-electron chi connectivity index (χ0n) is 9.90. The van der Waals surface area contributed by atoms with Gasteiger partial charge < -0.3 is 9.64 Å². The lowest BCUT2D eigenvalue weighted by Crippen LogP contribution is -2.45. The number of fused-ring (bicyclic) bond motifs is 1. The minimum absolute atomic E-state index is 0.0438. The van der Waals surface area contributed by atoms with Gasteiger partial charge in [-0.1, -0.05) is 53.5 Å². The third-order valence-corrected chi connectivity index (χ3v) is 4.35. The van der Waals surface area contributed by atoms with Gasteiger partial charge in [0.2, 0.25) is 0 Å². The fourth-order valence-electron chi connectivity index (χ4n) is 2.79. The van der Waals surface area contributed by atoms with E-state index in [1.807, 2.05) is 37.3 Å². The number of ether oxygens (including phenoxy) is 1. The lowest BCUT2D eigenvalue weighted by atomic mass is 10.0. The van der Waals surface area contributed by atoms with Crippen LogP contribution in [0.15, 0.2) is 30.3 Å². The Balaban J connectivity index is 2.03. The van der Waals surface area contributed by atoms with Crippen LogP contribution in [0.1, 0.15) is 18.9 Å². The van der Waals surface area contributed by atoms with Crippen molar-refractivity contribution in [3.05, 3.63) is 35.9 Å². The molecule has 1 aromatic carbocycles. The van der Waals surface area contributed by atoms with Gasteiger partial charge in [0.25, 0.3) is 5.91 Å². The summed E-state index contributed by atoms with van der Waals surface area (Å²) >= 11 is 12.1. The zero-order chi connectivity index (χ0) is 13.0. The first-order chi connectivity index (χ1) is 8.45. The Morgan fingerprint density at radius 2 is 2.00 bits per heavy atom. The molecule has 2 fully saturated rings. The Kier molecular flexibility index (Phi) is 2.63. The highest BCUT2D eigenvalue weighted by Crippen LogP contribution is 2.48. The normalized spacial score (nSPS) is 33.8. The monoisotopic (exact) mass is 285 g/mol. The summed E-state index contributed by atoms with van der Waals surface area (Å²) in [4.78, 5) is 14.0. The predicted octanol–water partition coefficient (Wildman–Crippen LogP) is 2.66. The fourth-order valence-corrected chi connectivity index (χ4v) is 3.33. The van der Waals surface area contributed by atoms with Gasteiger partial charge in [-0.05, 0) is 6.92 Å². The highest BCUT2D eigenvalue weighted by Gasteiger charge is 2.60. The Morgan fingerprint density at radius 3 is 2.67 bits per heavy atom. The van der Waals surface area contributed by atoms with Crippen LogP contribution in [0.25, 0.3) is 0 Å². The maximum absolute atomic E-state index is 12.3. The quantitative estimate of drug-likeness (QED) is 0.743. The van der Waals surface area contributed by atoms with Crippen molar-refractivity contribution < 1.29 is 9.53 Å². The molecular formula is C13H13Cl2NO2. The van der Waals surface area contributed by atoms with E-state index < -0.39 is 10.1 Å². The number of halogens is 2. The van der Waals surface area contributed by atoms with Crippen LogP contribution in [-0.2, 0) is 15.3 Å². The third kappa shape index (κ3) is 1.58. The average molecular weight is 286 g/mol. The van der Waals surface area contributed by atoms with Crippen LogP contribution in [0.3, 0.4) is 0 Å². The summed E-state index contributed by atoms with van der Waals surface area (Å²) in [6.45, 7) is 2.35. The number of alkyl halides is 2. The van der Waals surface area contributed by atoms with Gasteiger partial charge in [0.05, 0.1) is 12.6 Å². The minimum atomic E-state index is -1.31. The Bertz CT molecular complexity index is 491. The van der Waals surface area contributed by atoms with Crippen molar-refractivity contribution in [3.63, 3.8) is 0 Å². The van der Waals surface area contributed by atoms with Crippen LogP contribution in [0.4, 0.5) is 0 Å². The largest absolute Gasteiger partial charge is 0.349 e. The Labute approximate surface area is 116 Å². The molecule has 1 amide bonds. The molecule has 0 aliphatic carbocycles. The van der Waals surface area contributed by atoms with Crippen LogP contribution in [-0.4, -0.2) is 27.8 Å². The highest BCUT2D eigenvalue weighted by molar-refractivity contribution is 6.58. The molecule has 0 aromatic heterocycles. The summed E-state index contributed by atoms with van der Waals surface area (Å²) in [7, 11) is 0. The number of rotatable bonds is 1. The molecule has 2 atom stereocenters. The molecule has 5 heteroatoms. The lowest BCUT2D eigenvalue weighted by Gasteiger charge is -2.34. The van der Waals surface area contributed by atoms with Gasteiger partial charge >= 0.3 is 0 Å². The maximum Gasteiger partial charge on any atom is 0.261 e. The second-order valence-electron chi connectivity index (χ2n) is 4.90. The van der Waals surface area contributed by atoms with Crippen LogP contribution >= 0.6 is 23.2 Å². The molecule has 0 saturated carbocycles. The summed E-state index contributed by atoms with van der Waals surface area (Å²) in [5.74, 6) is -0.264. The molecule has 18 heavy (non-hydrogen) atoms. The number of benzene rings is 1. The van der Waals surface area contributed by atoms with E-state index in [1.165, 1.54) is 0 Å². The van der Waals surface area contributed by atoms with Crippen molar-refractivity contribution in [2.75, 3.05) is 6.61 Å². The van der Waals surface area contributed by atoms with E-state index >= 15 is 0 Å². The second-order valence-corrected chi connectivity index (χ2v) is 6.38. The van der Waals surface area contributed by atoms with Crippen LogP contribution < -0.4 is 0 Å². The molecule has 0 radical (unpaired) electrons. The van der Waals surface area contributed by atoms with E-state index in [0.29, 0.717) is 13.0 Å². The average Bonchev–Trinajstić information content (AvgIpc) is 2.78. The van der Waals surface area contributed by atoms with E-state index in [2.05, 4.69) is 0 Å². The molecule has 2 saturated heterocycles. The van der Waals surface area contributed by atoms with E-state index in [-0.39, 0.29) is 11.9 Å². The smallest absolute Gasteiger partial charge is 0.261 e. The minimum Gasteiger partial charge on any atom is -0.349 e. The standard InChI is InChI=1S/C13H13Cl2NO2/c1-12(9-5-3-2-4-6-9)16-10(8-18-12)7-13(14,15)11(16)17/h2-6,10H,7-8H2,1H3/t10-,12+/m0/s1. The molecule has 3 rings (SSSR count). The molecule has 2 heterocycles. The summed E-state index contributed by atoms with van der Waals surface area (Å²) < 4.78 is 4.53. The number of hydrogen-bond acceptors (Lipinski definition) is 2. The molecule has 0 spiro atoms. The van der Waals surface area contributed by atoms with Crippen LogP contribution in [0, 0.1) is 0 Å². The topological polar surface area (TPSA) is 29.5 Å². The zero-order valence-corrected chi connectivity index (χ0v) is 11.4. The lowest BCUT2D eigenvalue weighted by molar-refractivity contribution is -0.146. The number of carbonyl (C=O) groups is 1. The van der Waals surface area contributed by atoms with Crippen molar-refractivity contribution in [2.45, 2.75) is 29.4 Å². The summed E-state index contributed by atoms with van der Waals surface area (Å²) in [5, 5.41) is 0. The molecule has 2 aliphatic heterocycles. The Hall–Kier alpha value is -0.770. The third-order valence-electron chi connectivity index (χ3n) is 3.71. The molecule has 0 unspecified atom stereocenters. The number of nitrogens with zero attached hydrogens (tertiary/aromatic N) is 1. The second kappa shape index (κ2) is 3.86. The fraction of sp³-hybridized carbons (Fsp3) is 0.462. The van der Waals surface area contributed by atoms with Gasteiger partial charge in [0.1, 0.15) is 0 Å². The summed E-state index contributed by atoms with van der Waals surface area (Å²) in [5.41, 5.74) is 0.168. The van der Waals surface area contributed by atoms with Gasteiger partial charge in [0.15, 0.2) is 10.1 Å². The van der Waals surface area contributed by atoms with Gasteiger partial charge in [-0.15, -0.1) is 0 Å². The van der Waals surface area contributed by atoms with E-state index in [4.69, 9.17) is 27.9 Å². The van der Waals surface area contributed by atoms with E-state index in [1.54, 1.807) is 4.90 Å². The van der Waals surface area contributed by atoms with Crippen molar-refractivity contribution in [2.24, 2.45) is 0 Å². The highest BCUT2D eigenvalue weighted by atomic mass is 35.5.